The Morgan fingerprint density at radius 3 is 0.817 bits per heavy atom. The monoisotopic (exact) mass is 994 g/mol. The topological polar surface area (TPSA) is 69.6 Å². The number of aliphatic hydroxyl groups excluding tert-OH is 2. The third-order valence-corrected chi connectivity index (χ3v) is 15.0. The van der Waals surface area contributed by atoms with Crippen molar-refractivity contribution in [2.24, 2.45) is 0 Å². The molecule has 418 valence electrons. The van der Waals surface area contributed by atoms with Crippen molar-refractivity contribution in [2.45, 2.75) is 366 Å². The zero-order valence-electron chi connectivity index (χ0n) is 48.3. The maximum Gasteiger partial charge on any atom is 0.220 e. The molecule has 4 nitrogen and oxygen atoms in total. The number of hydrogen-bond acceptors (Lipinski definition) is 3. The van der Waals surface area contributed by atoms with Crippen LogP contribution in [-0.2, 0) is 4.79 Å². The fourth-order valence-electron chi connectivity index (χ4n) is 10.1. The van der Waals surface area contributed by atoms with E-state index in [1.54, 1.807) is 6.08 Å². The lowest BCUT2D eigenvalue weighted by Crippen LogP contribution is -2.45. The number of nitrogens with one attached hydrogen (secondary N) is 1. The van der Waals surface area contributed by atoms with Crippen LogP contribution in [0.1, 0.15) is 354 Å². The molecular weight excluding hydrogens is 867 g/mol. The van der Waals surface area contributed by atoms with Crippen molar-refractivity contribution >= 4 is 5.91 Å². The van der Waals surface area contributed by atoms with E-state index in [1.807, 2.05) is 6.08 Å². The Kier molecular flexibility index (Phi) is 61.2. The van der Waals surface area contributed by atoms with Crippen molar-refractivity contribution < 1.29 is 15.0 Å². The first-order chi connectivity index (χ1) is 35.2. The van der Waals surface area contributed by atoms with Gasteiger partial charge in [0.2, 0.25) is 5.91 Å². The molecule has 0 aliphatic heterocycles. The Balaban J connectivity index is 3.47. The smallest absolute Gasteiger partial charge is 0.220 e. The predicted molar refractivity (Wildman–Crippen MR) is 318 cm³/mol. The molecule has 2 unspecified atom stereocenters. The zero-order valence-corrected chi connectivity index (χ0v) is 48.3. The van der Waals surface area contributed by atoms with Crippen LogP contribution in [0.15, 0.2) is 48.6 Å². The van der Waals surface area contributed by atoms with Gasteiger partial charge in [0.15, 0.2) is 0 Å². The number of amides is 1. The Morgan fingerprint density at radius 2 is 0.549 bits per heavy atom. The van der Waals surface area contributed by atoms with Crippen molar-refractivity contribution in [3.8, 4) is 0 Å². The van der Waals surface area contributed by atoms with Gasteiger partial charge in [-0.2, -0.15) is 0 Å². The van der Waals surface area contributed by atoms with E-state index >= 15 is 0 Å². The van der Waals surface area contributed by atoms with Crippen LogP contribution in [0.5, 0.6) is 0 Å². The lowest BCUT2D eigenvalue weighted by atomic mass is 10.0. The van der Waals surface area contributed by atoms with Crippen LogP contribution in [0.2, 0.25) is 0 Å². The average molecular weight is 995 g/mol. The summed E-state index contributed by atoms with van der Waals surface area (Å²) in [7, 11) is 0. The zero-order chi connectivity index (χ0) is 51.3. The van der Waals surface area contributed by atoms with E-state index in [-0.39, 0.29) is 12.5 Å². The molecular formula is C67H127NO3. The molecule has 0 aromatic rings. The molecule has 3 N–H and O–H groups in total. The first kappa shape index (κ1) is 69.3. The fraction of sp³-hybridized carbons (Fsp3) is 0.866. The van der Waals surface area contributed by atoms with Gasteiger partial charge in [-0.3, -0.25) is 4.79 Å². The summed E-state index contributed by atoms with van der Waals surface area (Å²) in [6.45, 7) is 4.33. The summed E-state index contributed by atoms with van der Waals surface area (Å²) >= 11 is 0. The SMILES string of the molecule is CCCCCCCCCC/C=C\CCCCCCCCCCCCCCCCCCCCCCCCCC(=O)NC(CO)C(O)/C=C/CC/C=C/CC/C=C/CCCCCCCCCCCCCCCC. The van der Waals surface area contributed by atoms with Crippen molar-refractivity contribution in [3.05, 3.63) is 48.6 Å². The molecule has 0 saturated carbocycles. The number of rotatable bonds is 60. The van der Waals surface area contributed by atoms with Gasteiger partial charge >= 0.3 is 0 Å². The van der Waals surface area contributed by atoms with E-state index in [1.165, 1.54) is 295 Å². The molecule has 0 aromatic carbocycles. The van der Waals surface area contributed by atoms with Crippen molar-refractivity contribution in [1.29, 1.82) is 0 Å². The van der Waals surface area contributed by atoms with Gasteiger partial charge in [0, 0.05) is 6.42 Å². The van der Waals surface area contributed by atoms with Crippen molar-refractivity contribution in [1.82, 2.24) is 5.32 Å². The highest BCUT2D eigenvalue weighted by molar-refractivity contribution is 5.76. The largest absolute Gasteiger partial charge is 0.394 e. The van der Waals surface area contributed by atoms with Gasteiger partial charge in [0.1, 0.15) is 0 Å². The molecule has 0 aliphatic rings. The minimum absolute atomic E-state index is 0.0716. The summed E-state index contributed by atoms with van der Waals surface area (Å²) in [6.07, 6.45) is 87.5. The quantitative estimate of drug-likeness (QED) is 0.0420. The molecule has 0 aromatic heterocycles. The maximum absolute atomic E-state index is 12.5. The average Bonchev–Trinajstić information content (AvgIpc) is 3.37. The third-order valence-electron chi connectivity index (χ3n) is 15.0. The van der Waals surface area contributed by atoms with Crippen LogP contribution < -0.4 is 5.32 Å². The molecule has 0 aliphatic carbocycles. The minimum Gasteiger partial charge on any atom is -0.394 e. The van der Waals surface area contributed by atoms with E-state index in [0.717, 1.165) is 38.5 Å². The van der Waals surface area contributed by atoms with Gasteiger partial charge in [0.25, 0.3) is 0 Å². The molecule has 1 amide bonds. The fourth-order valence-corrected chi connectivity index (χ4v) is 10.1. The molecule has 0 heterocycles. The summed E-state index contributed by atoms with van der Waals surface area (Å²) < 4.78 is 0. The van der Waals surface area contributed by atoms with Gasteiger partial charge in [-0.05, 0) is 70.6 Å². The molecule has 0 fully saturated rings. The van der Waals surface area contributed by atoms with Crippen LogP contribution in [-0.4, -0.2) is 34.9 Å². The number of allylic oxidation sites excluding steroid dienone is 7. The van der Waals surface area contributed by atoms with E-state index in [4.69, 9.17) is 0 Å². The van der Waals surface area contributed by atoms with Gasteiger partial charge in [0.05, 0.1) is 18.8 Å². The maximum atomic E-state index is 12.5. The van der Waals surface area contributed by atoms with Crippen LogP contribution in [0.25, 0.3) is 0 Å². The van der Waals surface area contributed by atoms with Gasteiger partial charge in [-0.15, -0.1) is 0 Å². The van der Waals surface area contributed by atoms with Crippen LogP contribution in [0, 0.1) is 0 Å². The van der Waals surface area contributed by atoms with Crippen LogP contribution in [0.3, 0.4) is 0 Å². The van der Waals surface area contributed by atoms with Crippen molar-refractivity contribution in [2.75, 3.05) is 6.61 Å². The molecule has 0 spiro atoms. The normalized spacial score (nSPS) is 13.0. The number of unbranched alkanes of at least 4 members (excludes halogenated alkanes) is 47. The summed E-state index contributed by atoms with van der Waals surface area (Å²) in [5.74, 6) is -0.0716. The molecule has 0 radical (unpaired) electrons. The van der Waals surface area contributed by atoms with E-state index in [2.05, 4.69) is 55.6 Å². The number of hydrogen-bond donors (Lipinski definition) is 3. The second-order valence-electron chi connectivity index (χ2n) is 22.2. The lowest BCUT2D eigenvalue weighted by molar-refractivity contribution is -0.123. The number of carbonyl (C=O) groups is 1. The summed E-state index contributed by atoms with van der Waals surface area (Å²) in [5, 5.41) is 23.2. The Labute approximate surface area is 445 Å². The van der Waals surface area contributed by atoms with Gasteiger partial charge in [-0.1, -0.05) is 326 Å². The number of carbonyl (C=O) groups excluding carboxylic acids is 1. The van der Waals surface area contributed by atoms with Gasteiger partial charge < -0.3 is 15.5 Å². The molecule has 0 rings (SSSR count). The van der Waals surface area contributed by atoms with Crippen molar-refractivity contribution in [3.63, 3.8) is 0 Å². The number of aliphatic hydroxyl groups is 2. The first-order valence-electron chi connectivity index (χ1n) is 32.4. The Bertz CT molecular complexity index is 1130. The molecule has 71 heavy (non-hydrogen) atoms. The highest BCUT2D eigenvalue weighted by atomic mass is 16.3. The minimum atomic E-state index is -0.871. The van der Waals surface area contributed by atoms with E-state index in [0.29, 0.717) is 6.42 Å². The lowest BCUT2D eigenvalue weighted by Gasteiger charge is -2.19. The summed E-state index contributed by atoms with van der Waals surface area (Å²) in [5.41, 5.74) is 0. The third kappa shape index (κ3) is 59.1. The van der Waals surface area contributed by atoms with Crippen LogP contribution >= 0.6 is 0 Å². The van der Waals surface area contributed by atoms with E-state index < -0.39 is 12.1 Å². The van der Waals surface area contributed by atoms with Gasteiger partial charge in [-0.25, -0.2) is 0 Å². The Morgan fingerprint density at radius 1 is 0.324 bits per heavy atom. The molecule has 4 heteroatoms. The molecule has 0 bridgehead atoms. The van der Waals surface area contributed by atoms with E-state index in [9.17, 15) is 15.0 Å². The molecule has 0 saturated heterocycles. The summed E-state index contributed by atoms with van der Waals surface area (Å²) in [6, 6.07) is -0.646. The highest BCUT2D eigenvalue weighted by Gasteiger charge is 2.18. The molecule has 2 atom stereocenters. The second kappa shape index (κ2) is 62.6. The standard InChI is InChI=1S/C67H127NO3/c1-3-5-7-9-11-13-15-17-19-21-23-25-27-29-30-31-32-33-34-35-36-37-38-39-41-43-45-47-49-51-53-55-57-59-61-63-67(71)68-65(64-69)66(70)62-60-58-56-54-52-50-48-46-44-42-40-28-26-24-22-20-18-16-14-12-10-8-6-4-2/h21,23,44,46,52,54,60,62,65-66,69-70H,3-20,22,24-43,45,47-51,53,55-59,61,63-64H2,1-2H3,(H,68,71)/b23-21-,46-44+,54-52+,62-60+. The van der Waals surface area contributed by atoms with Crippen LogP contribution in [0.4, 0.5) is 0 Å². The Hall–Kier alpha value is -1.65. The predicted octanol–water partition coefficient (Wildman–Crippen LogP) is 21.8. The second-order valence-corrected chi connectivity index (χ2v) is 22.2. The first-order valence-corrected chi connectivity index (χ1v) is 32.4. The summed E-state index contributed by atoms with van der Waals surface area (Å²) in [4.78, 5) is 12.5. The highest BCUT2D eigenvalue weighted by Crippen LogP contribution is 2.18.